The van der Waals surface area contributed by atoms with Crippen LogP contribution in [0.2, 0.25) is 0 Å². The Morgan fingerprint density at radius 2 is 2.00 bits per heavy atom. The molecule has 0 spiro atoms. The third-order valence-electron chi connectivity index (χ3n) is 2.38. The minimum absolute atomic E-state index is 0.0754. The standard InChI is InChI=1S/C13H14F2O3/c1-9(8-18-10(2)16)13(14,15)12(17)11-6-4-3-5-7-11/h3-7,12,17H,1,8H2,2H3. The predicted molar refractivity (Wildman–Crippen MR) is 62.1 cm³/mol. The molecule has 5 heteroatoms. The number of alkyl halides is 2. The van der Waals surface area contributed by atoms with Gasteiger partial charge in [0, 0.05) is 12.5 Å². The fourth-order valence-electron chi connectivity index (χ4n) is 1.32. The van der Waals surface area contributed by atoms with Gasteiger partial charge in [-0.25, -0.2) is 0 Å². The van der Waals surface area contributed by atoms with Crippen LogP contribution < -0.4 is 0 Å². The highest BCUT2D eigenvalue weighted by atomic mass is 19.3. The van der Waals surface area contributed by atoms with Crippen LogP contribution in [0, 0.1) is 0 Å². The van der Waals surface area contributed by atoms with Crippen molar-refractivity contribution in [3.63, 3.8) is 0 Å². The van der Waals surface area contributed by atoms with Crippen LogP contribution >= 0.6 is 0 Å². The van der Waals surface area contributed by atoms with Gasteiger partial charge in [0.2, 0.25) is 0 Å². The number of hydrogen-bond acceptors (Lipinski definition) is 3. The first-order chi connectivity index (χ1) is 8.35. The molecule has 3 nitrogen and oxygen atoms in total. The molecule has 0 aromatic heterocycles. The topological polar surface area (TPSA) is 46.5 Å². The maximum Gasteiger partial charge on any atom is 0.302 e. The zero-order valence-electron chi connectivity index (χ0n) is 9.90. The van der Waals surface area contributed by atoms with E-state index in [4.69, 9.17) is 0 Å². The Morgan fingerprint density at radius 1 is 1.44 bits per heavy atom. The summed E-state index contributed by atoms with van der Waals surface area (Å²) in [5.74, 6) is -4.24. The molecule has 1 atom stereocenters. The quantitative estimate of drug-likeness (QED) is 0.650. The maximum atomic E-state index is 13.8. The summed E-state index contributed by atoms with van der Waals surface area (Å²) in [5.41, 5.74) is -0.569. The van der Waals surface area contributed by atoms with Gasteiger partial charge in [-0.05, 0) is 5.56 Å². The summed E-state index contributed by atoms with van der Waals surface area (Å²) in [6.45, 7) is 3.65. The number of hydrogen-bond donors (Lipinski definition) is 1. The minimum atomic E-state index is -3.56. The van der Waals surface area contributed by atoms with Gasteiger partial charge >= 0.3 is 11.9 Å². The molecule has 0 aliphatic rings. The second-order valence-corrected chi connectivity index (χ2v) is 3.82. The van der Waals surface area contributed by atoms with Crippen LogP contribution in [0.15, 0.2) is 42.5 Å². The van der Waals surface area contributed by atoms with E-state index in [2.05, 4.69) is 11.3 Å². The lowest BCUT2D eigenvalue weighted by Crippen LogP contribution is -2.30. The van der Waals surface area contributed by atoms with E-state index in [0.717, 1.165) is 6.92 Å². The summed E-state index contributed by atoms with van der Waals surface area (Å²) < 4.78 is 32.1. The molecule has 1 unspecified atom stereocenters. The molecular weight excluding hydrogens is 242 g/mol. The highest BCUT2D eigenvalue weighted by Crippen LogP contribution is 2.36. The molecular formula is C13H14F2O3. The Labute approximate surface area is 104 Å². The molecule has 0 bridgehead atoms. The van der Waals surface area contributed by atoms with Crippen molar-refractivity contribution < 1.29 is 23.4 Å². The SMILES string of the molecule is C=C(COC(C)=O)C(F)(F)C(O)c1ccccc1. The normalized spacial score (nSPS) is 12.9. The summed E-state index contributed by atoms with van der Waals surface area (Å²) in [6, 6.07) is 7.52. The van der Waals surface area contributed by atoms with E-state index in [9.17, 15) is 18.7 Å². The number of rotatable bonds is 5. The molecule has 1 N–H and O–H groups in total. The average molecular weight is 256 g/mol. The van der Waals surface area contributed by atoms with Crippen molar-refractivity contribution in [2.45, 2.75) is 19.0 Å². The number of carbonyl (C=O) groups excluding carboxylic acids is 1. The van der Waals surface area contributed by atoms with E-state index >= 15 is 0 Å². The van der Waals surface area contributed by atoms with Crippen molar-refractivity contribution in [3.05, 3.63) is 48.0 Å². The van der Waals surface area contributed by atoms with Gasteiger partial charge in [0.1, 0.15) is 12.7 Å². The van der Waals surface area contributed by atoms with Gasteiger partial charge in [-0.2, -0.15) is 8.78 Å². The molecule has 0 fully saturated rings. The summed E-state index contributed by atoms with van der Waals surface area (Å²) in [7, 11) is 0. The van der Waals surface area contributed by atoms with Crippen molar-refractivity contribution >= 4 is 5.97 Å². The molecule has 98 valence electrons. The van der Waals surface area contributed by atoms with Gasteiger partial charge in [-0.3, -0.25) is 4.79 Å². The number of aliphatic hydroxyl groups is 1. The molecule has 0 heterocycles. The van der Waals surface area contributed by atoms with Gasteiger partial charge in [0.15, 0.2) is 0 Å². The fraction of sp³-hybridized carbons (Fsp3) is 0.308. The third-order valence-corrected chi connectivity index (χ3v) is 2.38. The van der Waals surface area contributed by atoms with Gasteiger partial charge < -0.3 is 9.84 Å². The number of aliphatic hydroxyl groups excluding tert-OH is 1. The fourth-order valence-corrected chi connectivity index (χ4v) is 1.32. The zero-order valence-corrected chi connectivity index (χ0v) is 9.90. The van der Waals surface area contributed by atoms with E-state index in [1.165, 1.54) is 12.1 Å². The molecule has 0 amide bonds. The molecule has 0 saturated carbocycles. The van der Waals surface area contributed by atoms with Crippen molar-refractivity contribution in [1.29, 1.82) is 0 Å². The van der Waals surface area contributed by atoms with Crippen LogP contribution in [0.25, 0.3) is 0 Å². The van der Waals surface area contributed by atoms with Crippen LogP contribution in [0.5, 0.6) is 0 Å². The van der Waals surface area contributed by atoms with E-state index in [-0.39, 0.29) is 5.56 Å². The molecule has 0 aliphatic carbocycles. The second-order valence-electron chi connectivity index (χ2n) is 3.82. The molecule has 1 rings (SSSR count). The van der Waals surface area contributed by atoms with Crippen LogP contribution in [0.1, 0.15) is 18.6 Å². The van der Waals surface area contributed by atoms with Crippen LogP contribution in [-0.4, -0.2) is 23.6 Å². The summed E-state index contributed by atoms with van der Waals surface area (Å²) in [5, 5.41) is 9.63. The van der Waals surface area contributed by atoms with Crippen LogP contribution in [0.4, 0.5) is 8.78 Å². The first kappa shape index (κ1) is 14.3. The maximum absolute atomic E-state index is 13.8. The number of carbonyl (C=O) groups is 1. The van der Waals surface area contributed by atoms with E-state index in [0.29, 0.717) is 0 Å². The number of benzene rings is 1. The van der Waals surface area contributed by atoms with Crippen molar-refractivity contribution in [2.24, 2.45) is 0 Å². The monoisotopic (exact) mass is 256 g/mol. The number of ether oxygens (including phenoxy) is 1. The largest absolute Gasteiger partial charge is 0.461 e. The first-order valence-corrected chi connectivity index (χ1v) is 5.28. The van der Waals surface area contributed by atoms with Crippen molar-refractivity contribution in [3.8, 4) is 0 Å². The second kappa shape index (κ2) is 5.73. The Morgan fingerprint density at radius 3 is 2.50 bits per heavy atom. The minimum Gasteiger partial charge on any atom is -0.461 e. The smallest absolute Gasteiger partial charge is 0.302 e. The lowest BCUT2D eigenvalue weighted by molar-refractivity contribution is -0.142. The molecule has 0 saturated heterocycles. The number of halogens is 2. The summed E-state index contributed by atoms with van der Waals surface area (Å²) in [6.07, 6.45) is -2.01. The van der Waals surface area contributed by atoms with Gasteiger partial charge in [-0.1, -0.05) is 36.9 Å². The molecule has 1 aromatic carbocycles. The average Bonchev–Trinajstić information content (AvgIpc) is 2.35. The van der Waals surface area contributed by atoms with Crippen molar-refractivity contribution in [2.75, 3.05) is 6.61 Å². The highest BCUT2D eigenvalue weighted by molar-refractivity contribution is 5.66. The molecule has 1 aromatic rings. The lowest BCUT2D eigenvalue weighted by Gasteiger charge is -2.24. The Kier molecular flexibility index (Phi) is 4.55. The zero-order chi connectivity index (χ0) is 13.8. The lowest BCUT2D eigenvalue weighted by atomic mass is 9.98. The third kappa shape index (κ3) is 3.37. The van der Waals surface area contributed by atoms with Gasteiger partial charge in [0.25, 0.3) is 0 Å². The summed E-state index contributed by atoms with van der Waals surface area (Å²) >= 11 is 0. The van der Waals surface area contributed by atoms with E-state index in [1.54, 1.807) is 18.2 Å². The Hall–Kier alpha value is -1.75. The highest BCUT2D eigenvalue weighted by Gasteiger charge is 2.42. The molecule has 0 aliphatic heterocycles. The number of esters is 1. The van der Waals surface area contributed by atoms with Crippen LogP contribution in [-0.2, 0) is 9.53 Å². The van der Waals surface area contributed by atoms with Gasteiger partial charge in [-0.15, -0.1) is 0 Å². The van der Waals surface area contributed by atoms with Crippen molar-refractivity contribution in [1.82, 2.24) is 0 Å². The Balaban J connectivity index is 2.79. The molecule has 0 radical (unpaired) electrons. The summed E-state index contributed by atoms with van der Waals surface area (Å²) in [4.78, 5) is 10.5. The van der Waals surface area contributed by atoms with Gasteiger partial charge in [0.05, 0.1) is 0 Å². The van der Waals surface area contributed by atoms with Crippen LogP contribution in [0.3, 0.4) is 0 Å². The van der Waals surface area contributed by atoms with E-state index < -0.39 is 30.2 Å². The first-order valence-electron chi connectivity index (χ1n) is 5.28. The van der Waals surface area contributed by atoms with E-state index in [1.807, 2.05) is 0 Å². The Bertz CT molecular complexity index is 429. The molecule has 18 heavy (non-hydrogen) atoms. The predicted octanol–water partition coefficient (Wildman–Crippen LogP) is 2.47.